The number of thioether (sulfide) groups is 1. The largest absolute Gasteiger partial charge is 0.461 e. The molecule has 0 saturated carbocycles. The Morgan fingerprint density at radius 2 is 2.17 bits per heavy atom. The van der Waals surface area contributed by atoms with E-state index in [1.54, 1.807) is 6.26 Å². The molecule has 0 saturated heterocycles. The summed E-state index contributed by atoms with van der Waals surface area (Å²) in [6, 6.07) is 5.38. The Morgan fingerprint density at radius 3 is 2.88 bits per heavy atom. The molecule has 1 atom stereocenters. The van der Waals surface area contributed by atoms with Gasteiger partial charge in [0.2, 0.25) is 0 Å². The van der Waals surface area contributed by atoms with Gasteiger partial charge in [-0.15, -0.1) is 0 Å². The van der Waals surface area contributed by atoms with Gasteiger partial charge in [-0.1, -0.05) is 30.3 Å². The molecule has 2 N–H and O–H groups in total. The van der Waals surface area contributed by atoms with Crippen LogP contribution in [0.5, 0.6) is 0 Å². The fourth-order valence-corrected chi connectivity index (χ4v) is 3.43. The number of nitrogen functional groups attached to an aromatic ring is 1. The highest BCUT2D eigenvalue weighted by atomic mass is 35.5. The molecule has 0 aliphatic heterocycles. The zero-order valence-electron chi connectivity index (χ0n) is 13.1. The molecule has 0 amide bonds. The number of nitrogens with two attached hydrogens (primary N) is 1. The van der Waals surface area contributed by atoms with E-state index in [1.165, 1.54) is 17.8 Å². The van der Waals surface area contributed by atoms with Gasteiger partial charge in [-0.05, 0) is 25.0 Å². The Hall–Kier alpha value is -2.30. The van der Waals surface area contributed by atoms with Crippen LogP contribution >= 0.6 is 23.4 Å². The first kappa shape index (κ1) is 16.6. The molecule has 6 nitrogen and oxygen atoms in total. The predicted molar refractivity (Wildman–Crippen MR) is 93.8 cm³/mol. The van der Waals surface area contributed by atoms with Crippen molar-refractivity contribution in [3.8, 4) is 6.07 Å². The monoisotopic (exact) mass is 359 g/mol. The third-order valence-electron chi connectivity index (χ3n) is 3.54. The van der Waals surface area contributed by atoms with Gasteiger partial charge in [-0.25, -0.2) is 15.0 Å². The Balaban J connectivity index is 1.95. The van der Waals surface area contributed by atoms with Crippen LogP contribution in [0.25, 0.3) is 11.0 Å². The van der Waals surface area contributed by atoms with Crippen LogP contribution in [0.2, 0.25) is 5.15 Å². The Labute approximate surface area is 148 Å². The second-order valence-electron chi connectivity index (χ2n) is 5.16. The lowest BCUT2D eigenvalue weighted by molar-refractivity contribution is 0.609. The third-order valence-corrected chi connectivity index (χ3v) is 4.78. The first-order chi connectivity index (χ1) is 11.5. The Kier molecular flexibility index (Phi) is 4.60. The standard InChI is InChI=1S/C16H14ClN5OS/c1-3-9-7-23-14-11(9)5-12(21-15(14)17)8(2)24-16-20-10(6-18)4-13(19)22-16/h4-5,7-8H,3H2,1-2H3,(H2,19,20,22). The third kappa shape index (κ3) is 3.16. The number of furan rings is 1. The molecule has 1 unspecified atom stereocenters. The topological polar surface area (TPSA) is 102 Å². The van der Waals surface area contributed by atoms with Gasteiger partial charge in [-0.3, -0.25) is 0 Å². The van der Waals surface area contributed by atoms with E-state index in [2.05, 4.69) is 21.9 Å². The molecule has 0 spiro atoms. The predicted octanol–water partition coefficient (Wildman–Crippen LogP) is 4.14. The van der Waals surface area contributed by atoms with Gasteiger partial charge < -0.3 is 10.2 Å². The molecule has 0 radical (unpaired) electrons. The van der Waals surface area contributed by atoms with E-state index in [-0.39, 0.29) is 16.8 Å². The van der Waals surface area contributed by atoms with Crippen molar-refractivity contribution in [2.45, 2.75) is 30.7 Å². The highest BCUT2D eigenvalue weighted by Gasteiger charge is 2.17. The van der Waals surface area contributed by atoms with Crippen molar-refractivity contribution < 1.29 is 4.42 Å². The molecule has 0 bridgehead atoms. The SMILES string of the molecule is CCc1coc2c(Cl)nc(C(C)Sc3nc(N)cc(C#N)n3)cc12. The summed E-state index contributed by atoms with van der Waals surface area (Å²) in [5.41, 5.74) is 8.42. The average Bonchev–Trinajstić information content (AvgIpc) is 2.97. The molecule has 122 valence electrons. The van der Waals surface area contributed by atoms with Crippen molar-refractivity contribution in [1.82, 2.24) is 15.0 Å². The Morgan fingerprint density at radius 1 is 1.38 bits per heavy atom. The molecule has 3 rings (SSSR count). The second kappa shape index (κ2) is 6.67. The average molecular weight is 360 g/mol. The van der Waals surface area contributed by atoms with Gasteiger partial charge in [0, 0.05) is 11.5 Å². The van der Waals surface area contributed by atoms with Gasteiger partial charge in [0.1, 0.15) is 17.6 Å². The van der Waals surface area contributed by atoms with Crippen molar-refractivity contribution in [3.05, 3.63) is 40.5 Å². The fraction of sp³-hybridized carbons (Fsp3) is 0.250. The van der Waals surface area contributed by atoms with Crippen LogP contribution < -0.4 is 5.73 Å². The van der Waals surface area contributed by atoms with E-state index in [9.17, 15) is 0 Å². The van der Waals surface area contributed by atoms with Gasteiger partial charge in [0.25, 0.3) is 0 Å². The highest BCUT2D eigenvalue weighted by molar-refractivity contribution is 7.99. The quantitative estimate of drug-likeness (QED) is 0.424. The second-order valence-corrected chi connectivity index (χ2v) is 6.83. The lowest BCUT2D eigenvalue weighted by atomic mass is 10.1. The van der Waals surface area contributed by atoms with E-state index in [1.807, 2.05) is 19.1 Å². The number of aryl methyl sites for hydroxylation is 1. The summed E-state index contributed by atoms with van der Waals surface area (Å²) in [6.07, 6.45) is 2.55. The van der Waals surface area contributed by atoms with E-state index < -0.39 is 0 Å². The summed E-state index contributed by atoms with van der Waals surface area (Å²) in [5, 5.41) is 10.6. The van der Waals surface area contributed by atoms with Gasteiger partial charge in [-0.2, -0.15) is 5.26 Å². The number of nitriles is 1. The van der Waals surface area contributed by atoms with E-state index >= 15 is 0 Å². The molecule has 0 aliphatic carbocycles. The number of aromatic nitrogens is 3. The number of anilines is 1. The summed E-state index contributed by atoms with van der Waals surface area (Å²) >= 11 is 7.61. The number of pyridine rings is 1. The molecule has 24 heavy (non-hydrogen) atoms. The van der Waals surface area contributed by atoms with Gasteiger partial charge in [0.05, 0.1) is 17.2 Å². The number of hydrogen-bond donors (Lipinski definition) is 1. The molecular formula is C16H14ClN5OS. The van der Waals surface area contributed by atoms with Crippen LogP contribution in [0.4, 0.5) is 5.82 Å². The summed E-state index contributed by atoms with van der Waals surface area (Å²) in [6.45, 7) is 4.03. The van der Waals surface area contributed by atoms with E-state index in [4.69, 9.17) is 27.0 Å². The number of hydrogen-bond acceptors (Lipinski definition) is 7. The van der Waals surface area contributed by atoms with Crippen LogP contribution in [0.1, 0.15) is 36.0 Å². The first-order valence-corrected chi connectivity index (χ1v) is 8.55. The summed E-state index contributed by atoms with van der Waals surface area (Å²) in [5.74, 6) is 0.265. The number of nitrogens with zero attached hydrogens (tertiary/aromatic N) is 4. The zero-order valence-corrected chi connectivity index (χ0v) is 14.6. The van der Waals surface area contributed by atoms with Crippen molar-refractivity contribution in [2.24, 2.45) is 0 Å². The van der Waals surface area contributed by atoms with Crippen LogP contribution in [0.15, 0.2) is 28.0 Å². The molecule has 0 fully saturated rings. The van der Waals surface area contributed by atoms with Crippen LogP contribution in [-0.2, 0) is 6.42 Å². The maximum absolute atomic E-state index is 8.98. The number of fused-ring (bicyclic) bond motifs is 1. The fourth-order valence-electron chi connectivity index (χ4n) is 2.32. The smallest absolute Gasteiger partial charge is 0.191 e. The number of halogens is 1. The minimum atomic E-state index is -0.0696. The first-order valence-electron chi connectivity index (χ1n) is 7.29. The molecule has 3 heterocycles. The maximum atomic E-state index is 8.98. The van der Waals surface area contributed by atoms with Crippen molar-refractivity contribution in [2.75, 3.05) is 5.73 Å². The zero-order chi connectivity index (χ0) is 17.3. The highest BCUT2D eigenvalue weighted by Crippen LogP contribution is 2.36. The van der Waals surface area contributed by atoms with E-state index in [0.717, 1.165) is 23.1 Å². The number of rotatable bonds is 4. The summed E-state index contributed by atoms with van der Waals surface area (Å²) in [7, 11) is 0. The maximum Gasteiger partial charge on any atom is 0.191 e. The van der Waals surface area contributed by atoms with Gasteiger partial charge in [0.15, 0.2) is 15.9 Å². The lowest BCUT2D eigenvalue weighted by Crippen LogP contribution is -2.00. The van der Waals surface area contributed by atoms with Gasteiger partial charge >= 0.3 is 0 Å². The molecule has 0 aromatic carbocycles. The summed E-state index contributed by atoms with van der Waals surface area (Å²) < 4.78 is 5.49. The molecule has 8 heteroatoms. The molecule has 3 aromatic heterocycles. The summed E-state index contributed by atoms with van der Waals surface area (Å²) in [4.78, 5) is 12.7. The molecule has 0 aliphatic rings. The minimum absolute atomic E-state index is 0.0696. The van der Waals surface area contributed by atoms with E-state index in [0.29, 0.717) is 15.9 Å². The van der Waals surface area contributed by atoms with Crippen molar-refractivity contribution in [3.63, 3.8) is 0 Å². The van der Waals surface area contributed by atoms with Crippen LogP contribution in [0.3, 0.4) is 0 Å². The van der Waals surface area contributed by atoms with Crippen LogP contribution in [0, 0.1) is 11.3 Å². The Bertz CT molecular complexity index is 950. The van der Waals surface area contributed by atoms with Crippen LogP contribution in [-0.4, -0.2) is 15.0 Å². The minimum Gasteiger partial charge on any atom is -0.461 e. The lowest BCUT2D eigenvalue weighted by Gasteiger charge is -2.11. The normalized spacial score (nSPS) is 12.2. The van der Waals surface area contributed by atoms with Crippen molar-refractivity contribution in [1.29, 1.82) is 5.26 Å². The van der Waals surface area contributed by atoms with Crippen molar-refractivity contribution >= 4 is 40.1 Å². The molecule has 3 aromatic rings. The molecular weight excluding hydrogens is 346 g/mol.